The molecule has 1 aromatic heterocycles. The lowest BCUT2D eigenvalue weighted by Crippen LogP contribution is -2.07. The van der Waals surface area contributed by atoms with Crippen LogP contribution >= 0.6 is 0 Å². The molecule has 76 valence electrons. The van der Waals surface area contributed by atoms with Crippen LogP contribution in [0.5, 0.6) is 5.88 Å². The fraction of sp³-hybridized carbons (Fsp3) is 0.250. The third-order valence-corrected chi connectivity index (χ3v) is 1.53. The van der Waals surface area contributed by atoms with Gasteiger partial charge in [-0.15, -0.1) is 0 Å². The highest BCUT2D eigenvalue weighted by atomic mass is 19.4. The Bertz CT molecular complexity index is 349. The highest BCUT2D eigenvalue weighted by Crippen LogP contribution is 2.30. The van der Waals surface area contributed by atoms with Gasteiger partial charge in [0, 0.05) is 6.20 Å². The molecule has 0 unspecified atom stereocenters. The molecule has 3 nitrogen and oxygen atoms in total. The second-order valence-electron chi connectivity index (χ2n) is 2.44. The SMILES string of the molecule is COc1ncc(C(F)(F)F)cc1C=O. The van der Waals surface area contributed by atoms with Crippen molar-refractivity contribution < 1.29 is 22.7 Å². The smallest absolute Gasteiger partial charge is 0.417 e. The minimum Gasteiger partial charge on any atom is -0.480 e. The molecule has 0 amide bonds. The van der Waals surface area contributed by atoms with Crippen molar-refractivity contribution in [1.29, 1.82) is 0 Å². The molecule has 0 spiro atoms. The molecule has 14 heavy (non-hydrogen) atoms. The van der Waals surface area contributed by atoms with Crippen molar-refractivity contribution in [2.75, 3.05) is 7.11 Å². The molecule has 0 fully saturated rings. The predicted octanol–water partition coefficient (Wildman–Crippen LogP) is 1.92. The lowest BCUT2D eigenvalue weighted by Gasteiger charge is -2.08. The van der Waals surface area contributed by atoms with E-state index in [1.807, 2.05) is 0 Å². The van der Waals surface area contributed by atoms with Crippen LogP contribution < -0.4 is 4.74 Å². The highest BCUT2D eigenvalue weighted by Gasteiger charge is 2.31. The van der Waals surface area contributed by atoms with Gasteiger partial charge in [0.05, 0.1) is 18.2 Å². The molecule has 1 rings (SSSR count). The summed E-state index contributed by atoms with van der Waals surface area (Å²) in [7, 11) is 1.22. The number of hydrogen-bond donors (Lipinski definition) is 0. The normalized spacial score (nSPS) is 11.1. The summed E-state index contributed by atoms with van der Waals surface area (Å²) in [5.41, 5.74) is -1.19. The zero-order valence-corrected chi connectivity index (χ0v) is 7.13. The molecule has 1 aromatic rings. The van der Waals surface area contributed by atoms with Crippen molar-refractivity contribution in [3.05, 3.63) is 23.4 Å². The number of hydrogen-bond acceptors (Lipinski definition) is 3. The molecule has 0 aromatic carbocycles. The summed E-state index contributed by atoms with van der Waals surface area (Å²) in [5, 5.41) is 0. The highest BCUT2D eigenvalue weighted by molar-refractivity contribution is 5.78. The maximum absolute atomic E-state index is 12.1. The van der Waals surface area contributed by atoms with E-state index in [0.29, 0.717) is 12.3 Å². The summed E-state index contributed by atoms with van der Waals surface area (Å²) in [6.45, 7) is 0. The molecule has 0 aliphatic heterocycles. The lowest BCUT2D eigenvalue weighted by atomic mass is 10.2. The van der Waals surface area contributed by atoms with Crippen LogP contribution in [0.3, 0.4) is 0 Å². The van der Waals surface area contributed by atoms with Crippen LogP contribution in [0.1, 0.15) is 15.9 Å². The van der Waals surface area contributed by atoms with Crippen molar-refractivity contribution in [2.45, 2.75) is 6.18 Å². The van der Waals surface area contributed by atoms with Crippen LogP contribution in [0.2, 0.25) is 0 Å². The zero-order valence-electron chi connectivity index (χ0n) is 7.13. The molecule has 0 saturated heterocycles. The van der Waals surface area contributed by atoms with E-state index in [-0.39, 0.29) is 17.7 Å². The largest absolute Gasteiger partial charge is 0.480 e. The first kappa shape index (κ1) is 10.5. The number of nitrogens with zero attached hydrogens (tertiary/aromatic N) is 1. The molecule has 0 bridgehead atoms. The fourth-order valence-corrected chi connectivity index (χ4v) is 0.879. The molecule has 0 atom stereocenters. The molecule has 0 radical (unpaired) electrons. The summed E-state index contributed by atoms with van der Waals surface area (Å²) >= 11 is 0. The molecular formula is C8H6F3NO2. The Morgan fingerprint density at radius 3 is 2.57 bits per heavy atom. The van der Waals surface area contributed by atoms with Gasteiger partial charge in [0.1, 0.15) is 0 Å². The maximum Gasteiger partial charge on any atom is 0.417 e. The van der Waals surface area contributed by atoms with E-state index in [1.54, 1.807) is 0 Å². The van der Waals surface area contributed by atoms with Crippen LogP contribution in [0, 0.1) is 0 Å². The van der Waals surface area contributed by atoms with Crippen molar-refractivity contribution in [3.63, 3.8) is 0 Å². The van der Waals surface area contributed by atoms with Crippen LogP contribution in [0.25, 0.3) is 0 Å². The van der Waals surface area contributed by atoms with Crippen molar-refractivity contribution in [1.82, 2.24) is 4.98 Å². The molecule has 0 aliphatic carbocycles. The zero-order chi connectivity index (χ0) is 10.8. The number of carbonyl (C=O) groups is 1. The molecule has 1 heterocycles. The number of rotatable bonds is 2. The second kappa shape index (κ2) is 3.65. The van der Waals surface area contributed by atoms with Gasteiger partial charge in [-0.25, -0.2) is 4.98 Å². The Morgan fingerprint density at radius 1 is 1.50 bits per heavy atom. The standard InChI is InChI=1S/C8H6F3NO2/c1-14-7-5(4-13)2-6(3-12-7)8(9,10)11/h2-4H,1H3. The van der Waals surface area contributed by atoms with Gasteiger partial charge >= 0.3 is 6.18 Å². The Morgan fingerprint density at radius 2 is 2.14 bits per heavy atom. The van der Waals surface area contributed by atoms with Gasteiger partial charge in [-0.1, -0.05) is 0 Å². The van der Waals surface area contributed by atoms with Gasteiger partial charge in [-0.05, 0) is 6.07 Å². The van der Waals surface area contributed by atoms with Crippen molar-refractivity contribution >= 4 is 6.29 Å². The number of methoxy groups -OCH3 is 1. The first-order valence-electron chi connectivity index (χ1n) is 3.55. The van der Waals surface area contributed by atoms with E-state index in [0.717, 1.165) is 0 Å². The number of ether oxygens (including phenoxy) is 1. The first-order chi connectivity index (χ1) is 6.49. The summed E-state index contributed by atoms with van der Waals surface area (Å²) in [6, 6.07) is 0.693. The second-order valence-corrected chi connectivity index (χ2v) is 2.44. The van der Waals surface area contributed by atoms with Gasteiger partial charge in [0.25, 0.3) is 0 Å². The minimum absolute atomic E-state index is 0.118. The molecule has 6 heteroatoms. The van der Waals surface area contributed by atoms with E-state index in [9.17, 15) is 18.0 Å². The number of carbonyl (C=O) groups excluding carboxylic acids is 1. The van der Waals surface area contributed by atoms with Gasteiger partial charge in [-0.3, -0.25) is 4.79 Å². The predicted molar refractivity (Wildman–Crippen MR) is 41.2 cm³/mol. The summed E-state index contributed by atoms with van der Waals surface area (Å²) in [4.78, 5) is 13.7. The number of aromatic nitrogens is 1. The van der Waals surface area contributed by atoms with Gasteiger partial charge in [0.2, 0.25) is 5.88 Å². The van der Waals surface area contributed by atoms with Crippen LogP contribution in [-0.2, 0) is 6.18 Å². The van der Waals surface area contributed by atoms with Crippen LogP contribution in [-0.4, -0.2) is 18.4 Å². The van der Waals surface area contributed by atoms with Gasteiger partial charge in [-0.2, -0.15) is 13.2 Å². The Labute approximate surface area is 77.5 Å². The first-order valence-corrected chi connectivity index (χ1v) is 3.55. The van der Waals surface area contributed by atoms with E-state index in [4.69, 9.17) is 0 Å². The Balaban J connectivity index is 3.21. The van der Waals surface area contributed by atoms with Crippen LogP contribution in [0.15, 0.2) is 12.3 Å². The number of aldehydes is 1. The molecule has 0 aliphatic rings. The monoisotopic (exact) mass is 205 g/mol. The lowest BCUT2D eigenvalue weighted by molar-refractivity contribution is -0.137. The average molecular weight is 205 g/mol. The summed E-state index contributed by atoms with van der Waals surface area (Å²) < 4.78 is 41.0. The summed E-state index contributed by atoms with van der Waals surface area (Å²) in [5.74, 6) is -0.118. The van der Waals surface area contributed by atoms with Crippen LogP contribution in [0.4, 0.5) is 13.2 Å². The van der Waals surface area contributed by atoms with Gasteiger partial charge < -0.3 is 4.74 Å². The van der Waals surface area contributed by atoms with E-state index >= 15 is 0 Å². The molecule has 0 saturated carbocycles. The third-order valence-electron chi connectivity index (χ3n) is 1.53. The maximum atomic E-state index is 12.1. The average Bonchev–Trinajstić information content (AvgIpc) is 2.15. The minimum atomic E-state index is -4.50. The van der Waals surface area contributed by atoms with E-state index in [2.05, 4.69) is 9.72 Å². The molecule has 0 N–H and O–H groups in total. The summed E-state index contributed by atoms with van der Waals surface area (Å²) in [6.07, 6.45) is -3.62. The quantitative estimate of drug-likeness (QED) is 0.692. The number of pyridine rings is 1. The van der Waals surface area contributed by atoms with E-state index < -0.39 is 11.7 Å². The van der Waals surface area contributed by atoms with Crippen molar-refractivity contribution in [2.24, 2.45) is 0 Å². The molecular weight excluding hydrogens is 199 g/mol. The topological polar surface area (TPSA) is 39.2 Å². The van der Waals surface area contributed by atoms with Gasteiger partial charge in [0.15, 0.2) is 6.29 Å². The Kier molecular flexibility index (Phi) is 2.73. The number of alkyl halides is 3. The fourth-order valence-electron chi connectivity index (χ4n) is 0.879. The third kappa shape index (κ3) is 2.01. The Hall–Kier alpha value is -1.59. The van der Waals surface area contributed by atoms with E-state index in [1.165, 1.54) is 7.11 Å². The van der Waals surface area contributed by atoms with Crippen molar-refractivity contribution in [3.8, 4) is 5.88 Å². The number of halogens is 3.